The maximum absolute atomic E-state index is 10.3. The maximum Gasteiger partial charge on any atom is 0.179 e. The summed E-state index contributed by atoms with van der Waals surface area (Å²) in [6.45, 7) is 5.01. The molecule has 0 radical (unpaired) electrons. The van der Waals surface area contributed by atoms with E-state index in [-0.39, 0.29) is 0 Å². The smallest absolute Gasteiger partial charge is 0.179 e. The molecule has 2 heterocycles. The van der Waals surface area contributed by atoms with Crippen molar-refractivity contribution in [1.29, 1.82) is 0 Å². The van der Waals surface area contributed by atoms with E-state index in [9.17, 15) is 4.79 Å². The molecule has 0 amide bonds. The van der Waals surface area contributed by atoms with Crippen LogP contribution in [0.15, 0.2) is 12.5 Å². The number of ether oxygens (including phenoxy) is 1. The fourth-order valence-electron chi connectivity index (χ4n) is 2.44. The van der Waals surface area contributed by atoms with Crippen molar-refractivity contribution < 1.29 is 9.53 Å². The van der Waals surface area contributed by atoms with Crippen molar-refractivity contribution in [3.63, 3.8) is 0 Å². The zero-order valence-electron chi connectivity index (χ0n) is 12.0. The summed E-state index contributed by atoms with van der Waals surface area (Å²) in [5.41, 5.74) is 0. The van der Waals surface area contributed by atoms with E-state index in [0.29, 0.717) is 6.42 Å². The normalized spacial score (nSPS) is 16.1. The van der Waals surface area contributed by atoms with E-state index < -0.39 is 0 Å². The quantitative estimate of drug-likeness (QED) is 0.547. The van der Waals surface area contributed by atoms with E-state index in [2.05, 4.69) is 19.8 Å². The number of aldehydes is 1. The Morgan fingerprint density at radius 3 is 2.80 bits per heavy atom. The number of piperazine rings is 1. The van der Waals surface area contributed by atoms with Crippen molar-refractivity contribution in [3.8, 4) is 5.75 Å². The Bertz CT molecular complexity index is 419. The number of carbonyl (C=O) groups excluding carboxylic acids is 1. The summed E-state index contributed by atoms with van der Waals surface area (Å²) in [6, 6.07) is 0. The number of anilines is 1. The summed E-state index contributed by atoms with van der Waals surface area (Å²) in [4.78, 5) is 23.2. The van der Waals surface area contributed by atoms with E-state index in [1.54, 1.807) is 19.6 Å². The van der Waals surface area contributed by atoms with Gasteiger partial charge in [0.15, 0.2) is 11.6 Å². The minimum Gasteiger partial charge on any atom is -0.491 e. The van der Waals surface area contributed by atoms with Gasteiger partial charge in [0.05, 0.1) is 13.3 Å². The number of carbonyl (C=O) groups is 1. The van der Waals surface area contributed by atoms with Crippen LogP contribution in [0.4, 0.5) is 5.82 Å². The van der Waals surface area contributed by atoms with E-state index >= 15 is 0 Å². The summed E-state index contributed by atoms with van der Waals surface area (Å²) < 4.78 is 5.30. The summed E-state index contributed by atoms with van der Waals surface area (Å²) in [5, 5.41) is 0. The van der Waals surface area contributed by atoms with Gasteiger partial charge in [0.25, 0.3) is 0 Å². The first kappa shape index (κ1) is 14.7. The van der Waals surface area contributed by atoms with Crippen LogP contribution in [-0.2, 0) is 4.79 Å². The van der Waals surface area contributed by atoms with Crippen LogP contribution in [0, 0.1) is 0 Å². The first-order valence-corrected chi connectivity index (χ1v) is 7.10. The minimum atomic E-state index is 0.679. The fraction of sp³-hybridized carbons (Fsp3) is 0.643. The molecule has 1 aliphatic rings. The van der Waals surface area contributed by atoms with E-state index in [1.807, 2.05) is 0 Å². The van der Waals surface area contributed by atoms with Gasteiger partial charge in [-0.25, -0.2) is 9.97 Å². The van der Waals surface area contributed by atoms with Gasteiger partial charge >= 0.3 is 0 Å². The molecule has 0 saturated carbocycles. The lowest BCUT2D eigenvalue weighted by Crippen LogP contribution is -2.47. The zero-order chi connectivity index (χ0) is 14.2. The third kappa shape index (κ3) is 3.90. The molecule has 0 unspecified atom stereocenters. The van der Waals surface area contributed by atoms with E-state index in [0.717, 1.165) is 63.4 Å². The molecule has 0 N–H and O–H groups in total. The number of unbranched alkanes of at least 4 members (excludes halogenated alkanes) is 2. The molecule has 1 aromatic heterocycles. The molecule has 1 aliphatic heterocycles. The molecule has 0 bridgehead atoms. The van der Waals surface area contributed by atoms with Gasteiger partial charge in [-0.2, -0.15) is 0 Å². The number of rotatable bonds is 7. The molecular formula is C14H22N4O2. The molecule has 6 nitrogen and oxygen atoms in total. The maximum atomic E-state index is 10.3. The SMILES string of the molecule is COc1cncnc1N1CCN(CCCCC=O)CC1. The van der Waals surface area contributed by atoms with Crippen molar-refractivity contribution >= 4 is 12.1 Å². The van der Waals surface area contributed by atoms with Gasteiger partial charge in [0, 0.05) is 32.6 Å². The molecule has 0 aromatic carbocycles. The molecule has 1 aromatic rings. The highest BCUT2D eigenvalue weighted by molar-refractivity contribution is 5.51. The largest absolute Gasteiger partial charge is 0.491 e. The molecule has 0 atom stereocenters. The van der Waals surface area contributed by atoms with Gasteiger partial charge in [-0.05, 0) is 19.4 Å². The number of aromatic nitrogens is 2. The highest BCUT2D eigenvalue weighted by atomic mass is 16.5. The average Bonchev–Trinajstić information content (AvgIpc) is 2.52. The number of methoxy groups -OCH3 is 1. The fourth-order valence-corrected chi connectivity index (χ4v) is 2.44. The summed E-state index contributed by atoms with van der Waals surface area (Å²) >= 11 is 0. The monoisotopic (exact) mass is 278 g/mol. The summed E-state index contributed by atoms with van der Waals surface area (Å²) in [7, 11) is 1.64. The van der Waals surface area contributed by atoms with Crippen LogP contribution in [0.25, 0.3) is 0 Å². The van der Waals surface area contributed by atoms with Crippen LogP contribution >= 0.6 is 0 Å². The Balaban J connectivity index is 1.80. The molecule has 1 fully saturated rings. The van der Waals surface area contributed by atoms with Gasteiger partial charge in [-0.3, -0.25) is 4.90 Å². The highest BCUT2D eigenvalue weighted by Crippen LogP contribution is 2.24. The Morgan fingerprint density at radius 1 is 1.30 bits per heavy atom. The Hall–Kier alpha value is -1.69. The number of hydrogen-bond acceptors (Lipinski definition) is 6. The topological polar surface area (TPSA) is 58.6 Å². The molecular weight excluding hydrogens is 256 g/mol. The molecule has 110 valence electrons. The van der Waals surface area contributed by atoms with Crippen LogP contribution in [0.5, 0.6) is 5.75 Å². The standard InChI is InChI=1S/C14H22N4O2/c1-20-13-11-15-12-16-14(13)18-8-6-17(7-9-18)5-3-2-4-10-19/h10-12H,2-9H2,1H3. The van der Waals surface area contributed by atoms with Gasteiger partial charge in [-0.15, -0.1) is 0 Å². The molecule has 1 saturated heterocycles. The first-order chi connectivity index (χ1) is 9.85. The lowest BCUT2D eigenvalue weighted by Gasteiger charge is -2.35. The first-order valence-electron chi connectivity index (χ1n) is 7.10. The minimum absolute atomic E-state index is 0.679. The van der Waals surface area contributed by atoms with Crippen LogP contribution in [0.2, 0.25) is 0 Å². The average molecular weight is 278 g/mol. The second kappa shape index (κ2) is 7.79. The third-order valence-electron chi connectivity index (χ3n) is 3.60. The van der Waals surface area contributed by atoms with Crippen molar-refractivity contribution in [2.45, 2.75) is 19.3 Å². The molecule has 6 heteroatoms. The Kier molecular flexibility index (Phi) is 5.73. The highest BCUT2D eigenvalue weighted by Gasteiger charge is 2.20. The van der Waals surface area contributed by atoms with Crippen molar-refractivity contribution in [3.05, 3.63) is 12.5 Å². The van der Waals surface area contributed by atoms with Crippen molar-refractivity contribution in [2.75, 3.05) is 44.7 Å². The lowest BCUT2D eigenvalue weighted by atomic mass is 10.2. The van der Waals surface area contributed by atoms with Crippen LogP contribution in [-0.4, -0.2) is 61.0 Å². The summed E-state index contributed by atoms with van der Waals surface area (Å²) in [6.07, 6.45) is 7.02. The predicted molar refractivity (Wildman–Crippen MR) is 77.2 cm³/mol. The molecule has 0 spiro atoms. The third-order valence-corrected chi connectivity index (χ3v) is 3.60. The van der Waals surface area contributed by atoms with Crippen LogP contribution in [0.1, 0.15) is 19.3 Å². The van der Waals surface area contributed by atoms with E-state index in [1.165, 1.54) is 0 Å². The van der Waals surface area contributed by atoms with Gasteiger partial charge in [0.2, 0.25) is 0 Å². The number of nitrogens with zero attached hydrogens (tertiary/aromatic N) is 4. The molecule has 2 rings (SSSR count). The zero-order valence-corrected chi connectivity index (χ0v) is 12.0. The van der Waals surface area contributed by atoms with Crippen LogP contribution in [0.3, 0.4) is 0 Å². The second-order valence-corrected chi connectivity index (χ2v) is 4.91. The Labute approximate surface area is 119 Å². The predicted octanol–water partition coefficient (Wildman–Crippen LogP) is 0.976. The van der Waals surface area contributed by atoms with Gasteiger partial charge in [-0.1, -0.05) is 0 Å². The van der Waals surface area contributed by atoms with Crippen LogP contribution < -0.4 is 9.64 Å². The Morgan fingerprint density at radius 2 is 2.10 bits per heavy atom. The van der Waals surface area contributed by atoms with Gasteiger partial charge < -0.3 is 14.4 Å². The molecule has 0 aliphatic carbocycles. The van der Waals surface area contributed by atoms with Gasteiger partial charge in [0.1, 0.15) is 12.6 Å². The van der Waals surface area contributed by atoms with E-state index in [4.69, 9.17) is 4.74 Å². The molecule has 20 heavy (non-hydrogen) atoms. The van der Waals surface area contributed by atoms with Crippen molar-refractivity contribution in [1.82, 2.24) is 14.9 Å². The second-order valence-electron chi connectivity index (χ2n) is 4.91. The summed E-state index contributed by atoms with van der Waals surface area (Å²) in [5.74, 6) is 1.61. The lowest BCUT2D eigenvalue weighted by molar-refractivity contribution is -0.107. The van der Waals surface area contributed by atoms with Crippen molar-refractivity contribution in [2.24, 2.45) is 0 Å². The number of hydrogen-bond donors (Lipinski definition) is 0.